The first-order valence-corrected chi connectivity index (χ1v) is 13.1. The van der Waals surface area contributed by atoms with Crippen molar-refractivity contribution >= 4 is 18.5 Å². The minimum absolute atomic E-state index is 0.112. The molecule has 14 heteroatoms. The van der Waals surface area contributed by atoms with Crippen molar-refractivity contribution < 1.29 is 52.7 Å². The molecule has 0 heterocycles. The number of alkyl halides is 12. The second-order valence-corrected chi connectivity index (χ2v) is 12.2. The van der Waals surface area contributed by atoms with Gasteiger partial charge in [-0.2, -0.15) is 52.7 Å². The average molecular weight is 597 g/mol. The predicted octanol–water partition coefficient (Wildman–Crippen LogP) is 8.31. The number of hydrogen-bond acceptors (Lipinski definition) is 1. The topological polar surface area (TPSA) is 3.24 Å². The van der Waals surface area contributed by atoms with E-state index in [2.05, 4.69) is 0 Å². The van der Waals surface area contributed by atoms with E-state index in [9.17, 15) is 52.7 Å². The van der Waals surface area contributed by atoms with Gasteiger partial charge in [-0.3, -0.25) is 0 Å². The van der Waals surface area contributed by atoms with Crippen molar-refractivity contribution in [2.75, 3.05) is 14.1 Å². The van der Waals surface area contributed by atoms with Gasteiger partial charge in [0.2, 0.25) is 0 Å². The Hall–Kier alpha value is -2.01. The van der Waals surface area contributed by atoms with Crippen LogP contribution in [0.2, 0.25) is 0 Å². The second kappa shape index (κ2) is 10.8. The van der Waals surface area contributed by atoms with E-state index in [4.69, 9.17) is 0 Å². The Kier molecular flexibility index (Phi) is 8.70. The lowest BCUT2D eigenvalue weighted by Gasteiger charge is -2.36. The molecule has 0 radical (unpaired) electrons. The molecule has 1 fully saturated rings. The maximum atomic E-state index is 13.7. The smallest absolute Gasteiger partial charge is 0.306 e. The van der Waals surface area contributed by atoms with Crippen molar-refractivity contribution in [3.63, 3.8) is 0 Å². The van der Waals surface area contributed by atoms with E-state index in [0.29, 0.717) is 37.1 Å². The van der Waals surface area contributed by atoms with Crippen LogP contribution in [0.3, 0.4) is 0 Å². The Balaban J connectivity index is 2.40. The van der Waals surface area contributed by atoms with E-state index < -0.39 is 77.1 Å². The molecule has 2 aromatic rings. The maximum absolute atomic E-state index is 13.7. The zero-order valence-electron chi connectivity index (χ0n) is 20.7. The van der Waals surface area contributed by atoms with E-state index in [1.807, 2.05) is 0 Å². The van der Waals surface area contributed by atoms with Gasteiger partial charge in [-0.15, -0.1) is 0 Å². The summed E-state index contributed by atoms with van der Waals surface area (Å²) in [5.74, 6) is -0.404. The van der Waals surface area contributed by atoms with Crippen LogP contribution in [0, 0.1) is 5.92 Å². The van der Waals surface area contributed by atoms with Gasteiger partial charge in [0, 0.05) is 6.04 Å². The third-order valence-corrected chi connectivity index (χ3v) is 9.93. The molecule has 39 heavy (non-hydrogen) atoms. The van der Waals surface area contributed by atoms with Gasteiger partial charge in [0.25, 0.3) is 0 Å². The minimum Gasteiger partial charge on any atom is -0.306 e. The summed E-state index contributed by atoms with van der Waals surface area (Å²) in [6, 6.07) is 1.16. The standard InChI is InChI=1S/C25H24F12NP/c1-13(38(2)3)20-5-4-6-21(20)39(18-9-14(22(26,27)28)7-15(10-18)23(29,30)31)19-11-16(24(32,33)34)8-17(12-19)25(35,36)37/h7-13,20-21H,4-6H2,1-3H3/t13-,20?,21?/m0/s1. The molecular weight excluding hydrogens is 573 g/mol. The first kappa shape index (κ1) is 31.5. The van der Waals surface area contributed by atoms with Crippen molar-refractivity contribution in [1.29, 1.82) is 0 Å². The Morgan fingerprint density at radius 2 is 0.949 bits per heavy atom. The molecule has 0 saturated heterocycles. The SMILES string of the molecule is C[C@@H](C1CCCC1P(c1cc(C(F)(F)F)cc(C(F)(F)F)c1)c1cc(C(F)(F)F)cc(C(F)(F)F)c1)N(C)C. The van der Waals surface area contributed by atoms with Crippen LogP contribution >= 0.6 is 7.92 Å². The van der Waals surface area contributed by atoms with Gasteiger partial charge in [0.05, 0.1) is 22.3 Å². The molecule has 1 nitrogen and oxygen atoms in total. The number of halogens is 12. The van der Waals surface area contributed by atoms with Crippen molar-refractivity contribution in [1.82, 2.24) is 4.90 Å². The van der Waals surface area contributed by atoms with Crippen LogP contribution in [0.1, 0.15) is 48.4 Å². The molecule has 2 unspecified atom stereocenters. The predicted molar refractivity (Wildman–Crippen MR) is 123 cm³/mol. The molecule has 0 spiro atoms. The van der Waals surface area contributed by atoms with Crippen molar-refractivity contribution in [2.24, 2.45) is 5.92 Å². The van der Waals surface area contributed by atoms with Crippen molar-refractivity contribution in [2.45, 2.75) is 62.6 Å². The molecule has 0 aromatic heterocycles. The fourth-order valence-corrected chi connectivity index (χ4v) is 8.32. The Morgan fingerprint density at radius 1 is 0.615 bits per heavy atom. The number of nitrogens with zero attached hydrogens (tertiary/aromatic N) is 1. The van der Waals surface area contributed by atoms with Gasteiger partial charge in [0.1, 0.15) is 0 Å². The normalized spacial score (nSPS) is 20.2. The van der Waals surface area contributed by atoms with Gasteiger partial charge >= 0.3 is 24.7 Å². The second-order valence-electron chi connectivity index (χ2n) is 9.76. The highest BCUT2D eigenvalue weighted by atomic mass is 31.1. The highest BCUT2D eigenvalue weighted by molar-refractivity contribution is 7.73. The van der Waals surface area contributed by atoms with Crippen LogP contribution in [0.4, 0.5) is 52.7 Å². The summed E-state index contributed by atoms with van der Waals surface area (Å²) in [6.45, 7) is 1.75. The van der Waals surface area contributed by atoms with Gasteiger partial charge in [-0.1, -0.05) is 6.42 Å². The lowest BCUT2D eigenvalue weighted by Crippen LogP contribution is -2.38. The summed E-state index contributed by atoms with van der Waals surface area (Å²) in [4.78, 5) is 1.75. The summed E-state index contributed by atoms with van der Waals surface area (Å²) >= 11 is 0. The van der Waals surface area contributed by atoms with Gasteiger partial charge in [-0.05, 0) is 100 Å². The molecule has 2 aromatic carbocycles. The molecule has 3 rings (SSSR count). The molecule has 1 saturated carbocycles. The van der Waals surface area contributed by atoms with E-state index in [1.54, 1.807) is 25.9 Å². The lowest BCUT2D eigenvalue weighted by molar-refractivity contribution is -0.144. The molecular formula is C25H24F12NP. The third kappa shape index (κ3) is 7.20. The average Bonchev–Trinajstić information content (AvgIpc) is 3.25. The number of benzene rings is 2. The zero-order valence-corrected chi connectivity index (χ0v) is 21.6. The van der Waals surface area contributed by atoms with E-state index in [-0.39, 0.29) is 24.6 Å². The molecule has 1 aliphatic rings. The molecule has 0 aliphatic heterocycles. The van der Waals surface area contributed by atoms with Crippen LogP contribution < -0.4 is 10.6 Å². The fourth-order valence-electron chi connectivity index (χ4n) is 4.92. The fraction of sp³-hybridized carbons (Fsp3) is 0.520. The summed E-state index contributed by atoms with van der Waals surface area (Å²) in [7, 11) is 0.833. The summed E-state index contributed by atoms with van der Waals surface area (Å²) in [5, 5.41) is -1.16. The van der Waals surface area contributed by atoms with Gasteiger partial charge in [-0.25, -0.2) is 0 Å². The summed E-state index contributed by atoms with van der Waals surface area (Å²) < 4.78 is 164. The Bertz CT molecular complexity index is 1020. The third-order valence-electron chi connectivity index (χ3n) is 7.00. The summed E-state index contributed by atoms with van der Waals surface area (Å²) in [6.07, 6.45) is -19.8. The molecule has 1 aliphatic carbocycles. The highest BCUT2D eigenvalue weighted by Gasteiger charge is 2.44. The van der Waals surface area contributed by atoms with Crippen LogP contribution in [-0.2, 0) is 24.7 Å². The molecule has 0 N–H and O–H groups in total. The van der Waals surface area contributed by atoms with Gasteiger partial charge in [0.15, 0.2) is 0 Å². The van der Waals surface area contributed by atoms with E-state index in [1.165, 1.54) is 0 Å². The number of hydrogen-bond donors (Lipinski definition) is 0. The largest absolute Gasteiger partial charge is 0.416 e. The highest BCUT2D eigenvalue weighted by Crippen LogP contribution is 2.53. The van der Waals surface area contributed by atoms with Crippen LogP contribution in [-0.4, -0.2) is 30.7 Å². The first-order chi connectivity index (χ1) is 17.6. The Morgan fingerprint density at radius 3 is 1.23 bits per heavy atom. The van der Waals surface area contributed by atoms with Crippen LogP contribution in [0.25, 0.3) is 0 Å². The minimum atomic E-state index is -5.24. The van der Waals surface area contributed by atoms with E-state index >= 15 is 0 Å². The summed E-state index contributed by atoms with van der Waals surface area (Å²) in [5.41, 5.74) is -7.50. The van der Waals surface area contributed by atoms with Crippen LogP contribution in [0.5, 0.6) is 0 Å². The van der Waals surface area contributed by atoms with E-state index in [0.717, 1.165) is 0 Å². The van der Waals surface area contributed by atoms with Crippen molar-refractivity contribution in [3.8, 4) is 0 Å². The lowest BCUT2D eigenvalue weighted by atomic mass is 9.98. The molecule has 0 amide bonds. The molecule has 218 valence electrons. The van der Waals surface area contributed by atoms with Crippen molar-refractivity contribution in [3.05, 3.63) is 58.7 Å². The first-order valence-electron chi connectivity index (χ1n) is 11.7. The number of rotatable bonds is 5. The Labute approximate surface area is 217 Å². The molecule has 3 atom stereocenters. The maximum Gasteiger partial charge on any atom is 0.416 e. The quantitative estimate of drug-likeness (QED) is 0.248. The zero-order chi connectivity index (χ0) is 29.7. The van der Waals surface area contributed by atoms with Gasteiger partial charge < -0.3 is 4.90 Å². The molecule has 0 bridgehead atoms. The van der Waals surface area contributed by atoms with Crippen LogP contribution in [0.15, 0.2) is 36.4 Å². The monoisotopic (exact) mass is 597 g/mol.